The lowest BCUT2D eigenvalue weighted by molar-refractivity contribution is -0.134. The van der Waals surface area contributed by atoms with Gasteiger partial charge in [-0.1, -0.05) is 0 Å². The third kappa shape index (κ3) is 2.49. The molecule has 1 aromatic rings. The Labute approximate surface area is 148 Å². The number of carbonyl (C=O) groups excluding carboxylic acids is 2. The lowest BCUT2D eigenvalue weighted by atomic mass is 9.87. The number of piperidine rings is 1. The van der Waals surface area contributed by atoms with E-state index in [0.29, 0.717) is 24.5 Å². The number of imide groups is 1. The molecule has 5 rings (SSSR count). The van der Waals surface area contributed by atoms with Gasteiger partial charge in [0.15, 0.2) is 0 Å². The van der Waals surface area contributed by atoms with Crippen molar-refractivity contribution in [2.24, 2.45) is 11.8 Å². The molecule has 25 heavy (non-hydrogen) atoms. The molecule has 134 valence electrons. The minimum atomic E-state index is -0.555. The number of hydrogen-bond donors (Lipinski definition) is 1. The van der Waals surface area contributed by atoms with Gasteiger partial charge in [-0.2, -0.15) is 0 Å². The van der Waals surface area contributed by atoms with Gasteiger partial charge in [0, 0.05) is 31.5 Å². The minimum absolute atomic E-state index is 0.0510. The number of amides is 3. The molecule has 1 aromatic heterocycles. The molecule has 3 amide bonds. The standard InChI is InChI=1S/C19H26N4O2/c24-17-19(14-3-4-14,15-5-6-15)20-18(25)23(17)13-21-11-7-16(8-12-21)22-9-1-2-10-22/h1-2,9-10,14-16H,3-8,11-13H2,(H,20,25). The maximum atomic E-state index is 13.1. The van der Waals surface area contributed by atoms with Gasteiger partial charge in [-0.15, -0.1) is 0 Å². The van der Waals surface area contributed by atoms with Crippen LogP contribution in [0.1, 0.15) is 44.6 Å². The Bertz CT molecular complexity index is 658. The molecule has 0 bridgehead atoms. The summed E-state index contributed by atoms with van der Waals surface area (Å²) in [5.74, 6) is 0.803. The molecular formula is C19H26N4O2. The van der Waals surface area contributed by atoms with E-state index in [0.717, 1.165) is 51.6 Å². The van der Waals surface area contributed by atoms with E-state index in [1.54, 1.807) is 0 Å². The van der Waals surface area contributed by atoms with Crippen LogP contribution in [0.25, 0.3) is 0 Å². The average Bonchev–Trinajstić information content (AvgIpc) is 3.56. The summed E-state index contributed by atoms with van der Waals surface area (Å²) in [6.45, 7) is 2.31. The van der Waals surface area contributed by atoms with Gasteiger partial charge in [0.25, 0.3) is 5.91 Å². The molecular weight excluding hydrogens is 316 g/mol. The van der Waals surface area contributed by atoms with Crippen molar-refractivity contribution in [3.8, 4) is 0 Å². The first-order valence-electron chi connectivity index (χ1n) is 9.67. The van der Waals surface area contributed by atoms with Crippen molar-refractivity contribution in [3.63, 3.8) is 0 Å². The molecule has 2 aliphatic carbocycles. The maximum Gasteiger partial charge on any atom is 0.326 e. The van der Waals surface area contributed by atoms with Crippen LogP contribution in [0.3, 0.4) is 0 Å². The fourth-order valence-electron chi connectivity index (χ4n) is 4.86. The highest BCUT2D eigenvalue weighted by molar-refractivity contribution is 6.07. The van der Waals surface area contributed by atoms with Crippen LogP contribution < -0.4 is 5.32 Å². The van der Waals surface area contributed by atoms with E-state index < -0.39 is 5.54 Å². The highest BCUT2D eigenvalue weighted by Crippen LogP contribution is 2.54. The number of hydrogen-bond acceptors (Lipinski definition) is 3. The average molecular weight is 342 g/mol. The molecule has 0 radical (unpaired) electrons. The van der Waals surface area contributed by atoms with Gasteiger partial charge >= 0.3 is 6.03 Å². The molecule has 0 unspecified atom stereocenters. The second-order valence-electron chi connectivity index (χ2n) is 8.20. The Hall–Kier alpha value is -1.82. The van der Waals surface area contributed by atoms with Gasteiger partial charge in [-0.3, -0.25) is 9.69 Å². The smallest absolute Gasteiger partial charge is 0.326 e. The summed E-state index contributed by atoms with van der Waals surface area (Å²) in [7, 11) is 0. The molecule has 6 heteroatoms. The molecule has 2 aliphatic heterocycles. The second-order valence-corrected chi connectivity index (χ2v) is 8.20. The van der Waals surface area contributed by atoms with E-state index in [-0.39, 0.29) is 11.9 Å². The van der Waals surface area contributed by atoms with E-state index in [2.05, 4.69) is 39.3 Å². The van der Waals surface area contributed by atoms with Gasteiger partial charge in [-0.05, 0) is 62.5 Å². The fourth-order valence-corrected chi connectivity index (χ4v) is 4.86. The number of urea groups is 1. The minimum Gasteiger partial charge on any atom is -0.351 e. The van der Waals surface area contributed by atoms with E-state index in [4.69, 9.17) is 0 Å². The van der Waals surface area contributed by atoms with Crippen LogP contribution in [-0.2, 0) is 4.79 Å². The summed E-state index contributed by atoms with van der Waals surface area (Å²) >= 11 is 0. The maximum absolute atomic E-state index is 13.1. The van der Waals surface area contributed by atoms with Gasteiger partial charge < -0.3 is 9.88 Å². The van der Waals surface area contributed by atoms with Crippen molar-refractivity contribution >= 4 is 11.9 Å². The summed E-state index contributed by atoms with van der Waals surface area (Å²) in [6.07, 6.45) is 10.7. The van der Waals surface area contributed by atoms with Crippen LogP contribution in [0, 0.1) is 11.8 Å². The van der Waals surface area contributed by atoms with Gasteiger partial charge in [-0.25, -0.2) is 9.69 Å². The highest BCUT2D eigenvalue weighted by atomic mass is 16.2. The summed E-state index contributed by atoms with van der Waals surface area (Å²) < 4.78 is 2.27. The molecule has 3 heterocycles. The third-order valence-electron chi connectivity index (χ3n) is 6.55. The number of carbonyl (C=O) groups is 2. The van der Waals surface area contributed by atoms with Crippen molar-refractivity contribution in [1.82, 2.24) is 19.7 Å². The zero-order valence-electron chi connectivity index (χ0n) is 14.6. The van der Waals surface area contributed by atoms with Crippen molar-refractivity contribution in [1.29, 1.82) is 0 Å². The Balaban J connectivity index is 1.24. The molecule has 4 aliphatic rings. The quantitative estimate of drug-likeness (QED) is 0.835. The van der Waals surface area contributed by atoms with Crippen molar-refractivity contribution < 1.29 is 9.59 Å². The molecule has 2 saturated carbocycles. The first-order valence-corrected chi connectivity index (χ1v) is 9.67. The largest absolute Gasteiger partial charge is 0.351 e. The lowest BCUT2D eigenvalue weighted by Gasteiger charge is -2.34. The van der Waals surface area contributed by atoms with Crippen LogP contribution in [0.2, 0.25) is 0 Å². The van der Waals surface area contributed by atoms with Crippen LogP contribution in [-0.4, -0.2) is 51.6 Å². The fraction of sp³-hybridized carbons (Fsp3) is 0.684. The molecule has 0 atom stereocenters. The Morgan fingerprint density at radius 3 is 2.12 bits per heavy atom. The van der Waals surface area contributed by atoms with Gasteiger partial charge in [0.05, 0.1) is 6.67 Å². The monoisotopic (exact) mass is 342 g/mol. The molecule has 6 nitrogen and oxygen atoms in total. The number of nitrogens with one attached hydrogen (secondary N) is 1. The normalized spacial score (nSPS) is 27.8. The molecule has 1 N–H and O–H groups in total. The summed E-state index contributed by atoms with van der Waals surface area (Å²) in [5.41, 5.74) is -0.555. The highest BCUT2D eigenvalue weighted by Gasteiger charge is 2.65. The topological polar surface area (TPSA) is 57.6 Å². The predicted octanol–water partition coefficient (Wildman–Crippen LogP) is 2.19. The predicted molar refractivity (Wildman–Crippen MR) is 92.7 cm³/mol. The molecule has 0 spiro atoms. The number of aromatic nitrogens is 1. The zero-order chi connectivity index (χ0) is 17.0. The first kappa shape index (κ1) is 15.4. The van der Waals surface area contributed by atoms with Crippen molar-refractivity contribution in [3.05, 3.63) is 24.5 Å². The van der Waals surface area contributed by atoms with Gasteiger partial charge in [0.2, 0.25) is 0 Å². The van der Waals surface area contributed by atoms with Gasteiger partial charge in [0.1, 0.15) is 5.54 Å². The van der Waals surface area contributed by atoms with E-state index >= 15 is 0 Å². The van der Waals surface area contributed by atoms with Crippen molar-refractivity contribution in [2.75, 3.05) is 19.8 Å². The second kappa shape index (κ2) is 5.59. The first-order chi connectivity index (χ1) is 12.2. The molecule has 4 fully saturated rings. The van der Waals surface area contributed by atoms with Crippen LogP contribution in [0.15, 0.2) is 24.5 Å². The van der Waals surface area contributed by atoms with E-state index in [9.17, 15) is 9.59 Å². The Morgan fingerprint density at radius 2 is 1.56 bits per heavy atom. The third-order valence-corrected chi connectivity index (χ3v) is 6.55. The van der Waals surface area contributed by atoms with E-state index in [1.165, 1.54) is 4.90 Å². The molecule has 2 saturated heterocycles. The summed E-state index contributed by atoms with van der Waals surface area (Å²) in [6, 6.07) is 4.49. The van der Waals surface area contributed by atoms with Crippen molar-refractivity contribution in [2.45, 2.75) is 50.1 Å². The van der Waals surface area contributed by atoms with Crippen LogP contribution in [0.4, 0.5) is 4.79 Å². The summed E-state index contributed by atoms with van der Waals surface area (Å²) in [5, 5.41) is 3.12. The number of likely N-dealkylation sites (tertiary alicyclic amines) is 1. The Morgan fingerprint density at radius 1 is 0.960 bits per heavy atom. The lowest BCUT2D eigenvalue weighted by Crippen LogP contribution is -2.52. The molecule has 0 aromatic carbocycles. The van der Waals surface area contributed by atoms with Crippen LogP contribution in [0.5, 0.6) is 0 Å². The zero-order valence-corrected chi connectivity index (χ0v) is 14.6. The summed E-state index contributed by atoms with van der Waals surface area (Å²) in [4.78, 5) is 29.4. The SMILES string of the molecule is O=C1NC(C2CC2)(C2CC2)C(=O)N1CN1CCC(n2cccc2)CC1. The van der Waals surface area contributed by atoms with E-state index in [1.807, 2.05) is 0 Å². The number of nitrogens with zero attached hydrogens (tertiary/aromatic N) is 3. The van der Waals surface area contributed by atoms with Crippen LogP contribution >= 0.6 is 0 Å². The number of rotatable bonds is 5. The Kier molecular flexibility index (Phi) is 3.45.